The van der Waals surface area contributed by atoms with Gasteiger partial charge in [-0.1, -0.05) is 30.3 Å². The van der Waals surface area contributed by atoms with Gasteiger partial charge in [0, 0.05) is 27.9 Å². The predicted molar refractivity (Wildman–Crippen MR) is 116 cm³/mol. The van der Waals surface area contributed by atoms with Gasteiger partial charge in [0.05, 0.1) is 24.9 Å². The second kappa shape index (κ2) is 7.80. The van der Waals surface area contributed by atoms with Crippen LogP contribution in [0.2, 0.25) is 0 Å². The summed E-state index contributed by atoms with van der Waals surface area (Å²) in [5, 5.41) is 13.5. The lowest BCUT2D eigenvalue weighted by molar-refractivity contribution is -0.121. The zero-order chi connectivity index (χ0) is 21.4. The van der Waals surface area contributed by atoms with Gasteiger partial charge in [-0.3, -0.25) is 4.79 Å². The number of carbonyl (C=O) groups excluding carboxylic acids is 1. The first-order valence-electron chi connectivity index (χ1n) is 9.83. The lowest BCUT2D eigenvalue weighted by Gasteiger charge is -2.13. The number of amides is 1. The van der Waals surface area contributed by atoms with Crippen molar-refractivity contribution in [3.8, 4) is 11.1 Å². The van der Waals surface area contributed by atoms with E-state index in [0.29, 0.717) is 22.3 Å². The SMILES string of the molecule is Cc1c(CC(=O)NC(C)CO)c(=O)oc2c(C)c3occ(-c4ccccc4)c3cc12. The fourth-order valence-corrected chi connectivity index (χ4v) is 3.77. The molecule has 30 heavy (non-hydrogen) atoms. The Labute approximate surface area is 173 Å². The summed E-state index contributed by atoms with van der Waals surface area (Å²) in [7, 11) is 0. The maximum atomic E-state index is 12.6. The van der Waals surface area contributed by atoms with E-state index in [1.165, 1.54) is 0 Å². The molecule has 154 valence electrons. The summed E-state index contributed by atoms with van der Waals surface area (Å²) in [5.74, 6) is -0.336. The van der Waals surface area contributed by atoms with Crippen molar-refractivity contribution >= 4 is 27.8 Å². The minimum absolute atomic E-state index is 0.109. The molecular weight excluding hydrogens is 382 g/mol. The molecule has 1 amide bonds. The largest absolute Gasteiger partial charge is 0.463 e. The summed E-state index contributed by atoms with van der Waals surface area (Å²) in [5.41, 5.74) is 4.35. The van der Waals surface area contributed by atoms with Gasteiger partial charge >= 0.3 is 5.63 Å². The Morgan fingerprint density at radius 1 is 1.10 bits per heavy atom. The highest BCUT2D eigenvalue weighted by Gasteiger charge is 2.20. The van der Waals surface area contributed by atoms with Gasteiger partial charge in [-0.15, -0.1) is 0 Å². The van der Waals surface area contributed by atoms with Gasteiger partial charge in [-0.25, -0.2) is 4.79 Å². The molecule has 0 spiro atoms. The normalized spacial score (nSPS) is 12.4. The third-order valence-electron chi connectivity index (χ3n) is 5.45. The van der Waals surface area contributed by atoms with Crippen LogP contribution in [-0.2, 0) is 11.2 Å². The van der Waals surface area contributed by atoms with Crippen LogP contribution in [0.3, 0.4) is 0 Å². The van der Waals surface area contributed by atoms with Crippen LogP contribution >= 0.6 is 0 Å². The number of aliphatic hydroxyl groups is 1. The Morgan fingerprint density at radius 3 is 2.53 bits per heavy atom. The fraction of sp³-hybridized carbons (Fsp3) is 0.250. The quantitative estimate of drug-likeness (QED) is 0.492. The highest BCUT2D eigenvalue weighted by Crippen LogP contribution is 2.37. The van der Waals surface area contributed by atoms with Gasteiger partial charge in [0.25, 0.3) is 0 Å². The molecule has 2 aromatic carbocycles. The monoisotopic (exact) mass is 405 g/mol. The van der Waals surface area contributed by atoms with E-state index < -0.39 is 5.63 Å². The molecule has 1 atom stereocenters. The van der Waals surface area contributed by atoms with Crippen LogP contribution in [0, 0.1) is 13.8 Å². The number of aliphatic hydroxyl groups excluding tert-OH is 1. The Balaban J connectivity index is 1.88. The topological polar surface area (TPSA) is 92.7 Å². The Hall–Kier alpha value is -3.38. The minimum Gasteiger partial charge on any atom is -0.463 e. The third-order valence-corrected chi connectivity index (χ3v) is 5.45. The van der Waals surface area contributed by atoms with Gasteiger partial charge in [0.1, 0.15) is 11.2 Å². The van der Waals surface area contributed by atoms with Crippen LogP contribution in [-0.4, -0.2) is 23.7 Å². The molecule has 4 rings (SSSR count). The fourth-order valence-electron chi connectivity index (χ4n) is 3.77. The summed E-state index contributed by atoms with van der Waals surface area (Å²) in [6, 6.07) is 11.5. The van der Waals surface area contributed by atoms with Gasteiger partial charge in [0.15, 0.2) is 0 Å². The second-order valence-corrected chi connectivity index (χ2v) is 7.59. The molecule has 0 fully saturated rings. The third kappa shape index (κ3) is 3.39. The van der Waals surface area contributed by atoms with Crippen molar-refractivity contribution in [2.24, 2.45) is 0 Å². The molecule has 6 heteroatoms. The van der Waals surface area contributed by atoms with Crippen molar-refractivity contribution in [1.82, 2.24) is 5.32 Å². The van der Waals surface area contributed by atoms with Crippen LogP contribution in [0.5, 0.6) is 0 Å². The zero-order valence-electron chi connectivity index (χ0n) is 17.1. The van der Waals surface area contributed by atoms with E-state index >= 15 is 0 Å². The number of hydrogen-bond donors (Lipinski definition) is 2. The lowest BCUT2D eigenvalue weighted by atomic mass is 9.97. The molecule has 0 saturated heterocycles. The molecule has 0 aliphatic carbocycles. The van der Waals surface area contributed by atoms with Crippen molar-refractivity contribution in [2.45, 2.75) is 33.2 Å². The van der Waals surface area contributed by atoms with Crippen LogP contribution in [0.15, 0.2) is 56.3 Å². The zero-order valence-corrected chi connectivity index (χ0v) is 17.1. The van der Waals surface area contributed by atoms with Crippen molar-refractivity contribution in [2.75, 3.05) is 6.61 Å². The summed E-state index contributed by atoms with van der Waals surface area (Å²) in [6.45, 7) is 5.21. The highest BCUT2D eigenvalue weighted by atomic mass is 16.4. The molecule has 0 bridgehead atoms. The molecular formula is C24H23NO5. The second-order valence-electron chi connectivity index (χ2n) is 7.59. The molecule has 4 aromatic rings. The molecule has 1 unspecified atom stereocenters. The maximum Gasteiger partial charge on any atom is 0.340 e. The molecule has 0 radical (unpaired) electrons. The molecule has 0 aliphatic heterocycles. The Morgan fingerprint density at radius 2 is 1.83 bits per heavy atom. The number of furan rings is 1. The highest BCUT2D eigenvalue weighted by molar-refractivity contribution is 6.05. The Bertz CT molecular complexity index is 1300. The molecule has 6 nitrogen and oxygen atoms in total. The van der Waals surface area contributed by atoms with E-state index in [-0.39, 0.29) is 25.0 Å². The van der Waals surface area contributed by atoms with E-state index in [4.69, 9.17) is 13.9 Å². The van der Waals surface area contributed by atoms with Crippen LogP contribution < -0.4 is 10.9 Å². The first kappa shape index (κ1) is 19.9. The van der Waals surface area contributed by atoms with Crippen LogP contribution in [0.25, 0.3) is 33.1 Å². The number of carbonyl (C=O) groups is 1. The number of rotatable bonds is 5. The van der Waals surface area contributed by atoms with Crippen LogP contribution in [0.4, 0.5) is 0 Å². The number of hydrogen-bond acceptors (Lipinski definition) is 5. The molecule has 0 aliphatic rings. The van der Waals surface area contributed by atoms with E-state index in [2.05, 4.69) is 5.32 Å². The smallest absolute Gasteiger partial charge is 0.340 e. The van der Waals surface area contributed by atoms with Gasteiger partial charge in [0.2, 0.25) is 5.91 Å². The maximum absolute atomic E-state index is 12.6. The molecule has 2 aromatic heterocycles. The van der Waals surface area contributed by atoms with E-state index in [0.717, 1.165) is 27.5 Å². The first-order valence-corrected chi connectivity index (χ1v) is 9.83. The van der Waals surface area contributed by atoms with Crippen molar-refractivity contribution < 1.29 is 18.7 Å². The predicted octanol–water partition coefficient (Wildman–Crippen LogP) is 3.86. The lowest BCUT2D eigenvalue weighted by Crippen LogP contribution is -2.37. The van der Waals surface area contributed by atoms with Gasteiger partial charge < -0.3 is 19.3 Å². The standard InChI is InChI=1S/C24H23NO5/c1-13(11-26)25-21(27)10-18-14(2)17-9-19-20(16-7-5-4-6-8-16)12-29-22(19)15(3)23(17)30-24(18)28/h4-9,12-13,26H,10-11H2,1-3H3,(H,25,27). The summed E-state index contributed by atoms with van der Waals surface area (Å²) in [6.07, 6.45) is 1.60. The Kier molecular flexibility index (Phi) is 5.18. The summed E-state index contributed by atoms with van der Waals surface area (Å²) >= 11 is 0. The van der Waals surface area contributed by atoms with E-state index in [1.54, 1.807) is 13.2 Å². The van der Waals surface area contributed by atoms with Crippen molar-refractivity contribution in [3.63, 3.8) is 0 Å². The summed E-state index contributed by atoms with van der Waals surface area (Å²) in [4.78, 5) is 24.9. The average molecular weight is 405 g/mol. The van der Waals surface area contributed by atoms with Crippen LogP contribution in [0.1, 0.15) is 23.6 Å². The average Bonchev–Trinajstić information content (AvgIpc) is 3.17. The number of benzene rings is 2. The molecule has 0 saturated carbocycles. The van der Waals surface area contributed by atoms with E-state index in [9.17, 15) is 9.59 Å². The molecule has 2 N–H and O–H groups in total. The van der Waals surface area contributed by atoms with Crippen molar-refractivity contribution in [3.05, 3.63) is 69.8 Å². The first-order chi connectivity index (χ1) is 14.4. The van der Waals surface area contributed by atoms with Gasteiger partial charge in [-0.2, -0.15) is 0 Å². The molecule has 2 heterocycles. The number of aryl methyl sites for hydroxylation is 2. The minimum atomic E-state index is -0.538. The van der Waals surface area contributed by atoms with Crippen molar-refractivity contribution in [1.29, 1.82) is 0 Å². The van der Waals surface area contributed by atoms with Gasteiger partial charge in [-0.05, 0) is 38.0 Å². The summed E-state index contributed by atoms with van der Waals surface area (Å²) < 4.78 is 11.4. The number of nitrogens with one attached hydrogen (secondary N) is 1. The number of fused-ring (bicyclic) bond motifs is 2. The van der Waals surface area contributed by atoms with E-state index in [1.807, 2.05) is 50.2 Å².